The summed E-state index contributed by atoms with van der Waals surface area (Å²) < 4.78 is 0. The van der Waals surface area contributed by atoms with Crippen LogP contribution in [0.5, 0.6) is 0 Å². The molecule has 0 fully saturated rings. The van der Waals surface area contributed by atoms with E-state index in [9.17, 15) is 29.7 Å². The number of rotatable bonds is 0. The number of carbonyl (C=O) groups excluding carboxylic acids is 3. The van der Waals surface area contributed by atoms with Crippen LogP contribution in [0, 0.1) is 57.1 Å². The standard InChI is InChI=1S/3C5H10O2.Nd/c3*1-5(2,3)4(6)7;/h3*1-3H3,(H,6,7);/q;;;+3/p-3. The third kappa shape index (κ3) is 22.0. The summed E-state index contributed by atoms with van der Waals surface area (Å²) >= 11 is 0. The first kappa shape index (κ1) is 29.7. The van der Waals surface area contributed by atoms with Crippen molar-refractivity contribution in [1.82, 2.24) is 0 Å². The van der Waals surface area contributed by atoms with Crippen LogP contribution < -0.4 is 15.3 Å². The normalized spacial score (nSPS) is 10.8. The fourth-order valence-corrected chi connectivity index (χ4v) is 0. The Labute approximate surface area is 166 Å². The molecule has 0 rings (SSSR count). The van der Waals surface area contributed by atoms with Gasteiger partial charge in [0.15, 0.2) is 0 Å². The van der Waals surface area contributed by atoms with Crippen molar-refractivity contribution in [2.24, 2.45) is 16.2 Å². The van der Waals surface area contributed by atoms with Gasteiger partial charge < -0.3 is 29.7 Å². The predicted octanol–water partition coefficient (Wildman–Crippen LogP) is -0.653. The van der Waals surface area contributed by atoms with Gasteiger partial charge in [-0.2, -0.15) is 0 Å². The third-order valence-electron chi connectivity index (χ3n) is 1.84. The van der Waals surface area contributed by atoms with Crippen LogP contribution in [0.1, 0.15) is 62.3 Å². The Bertz CT molecular complexity index is 299. The Hall–Kier alpha value is -0.239. The van der Waals surface area contributed by atoms with E-state index in [0.29, 0.717) is 0 Å². The molecule has 7 heteroatoms. The fraction of sp³-hybridized carbons (Fsp3) is 0.800. The summed E-state index contributed by atoms with van der Waals surface area (Å²) in [6.45, 7) is 14.4. The number of carboxylic acids is 3. The van der Waals surface area contributed by atoms with Crippen molar-refractivity contribution in [3.05, 3.63) is 0 Å². The summed E-state index contributed by atoms with van der Waals surface area (Å²) in [6, 6.07) is 0. The van der Waals surface area contributed by atoms with E-state index in [0.717, 1.165) is 0 Å². The van der Waals surface area contributed by atoms with E-state index >= 15 is 0 Å². The zero-order valence-electron chi connectivity index (χ0n) is 14.9. The number of aliphatic carboxylic acids is 3. The first-order valence-corrected chi connectivity index (χ1v) is 6.47. The molecule has 0 aliphatic rings. The summed E-state index contributed by atoms with van der Waals surface area (Å²) in [5.74, 6) is -3.02. The molecule has 0 N–H and O–H groups in total. The zero-order chi connectivity index (χ0) is 18.2. The minimum absolute atomic E-state index is 0. The Morgan fingerprint density at radius 2 is 0.545 bits per heavy atom. The average Bonchev–Trinajstić information content (AvgIpc) is 2.14. The summed E-state index contributed by atoms with van der Waals surface area (Å²) in [6.07, 6.45) is 0. The van der Waals surface area contributed by atoms with Crippen LogP contribution in [0.4, 0.5) is 0 Å². The van der Waals surface area contributed by atoms with E-state index in [1.54, 1.807) is 62.3 Å². The van der Waals surface area contributed by atoms with E-state index < -0.39 is 34.2 Å². The van der Waals surface area contributed by atoms with Gasteiger partial charge in [-0.05, 0) is 0 Å². The Kier molecular flexibility index (Phi) is 15.3. The maximum absolute atomic E-state index is 9.91. The van der Waals surface area contributed by atoms with Gasteiger partial charge in [0.25, 0.3) is 0 Å². The van der Waals surface area contributed by atoms with Gasteiger partial charge >= 0.3 is 40.8 Å². The van der Waals surface area contributed by atoms with Crippen molar-refractivity contribution in [1.29, 1.82) is 0 Å². The molecule has 0 aromatic rings. The maximum Gasteiger partial charge on any atom is 3.00 e. The van der Waals surface area contributed by atoms with Crippen molar-refractivity contribution >= 4 is 17.9 Å². The summed E-state index contributed by atoms with van der Waals surface area (Å²) in [4.78, 5) is 29.7. The van der Waals surface area contributed by atoms with Crippen LogP contribution in [-0.4, -0.2) is 17.9 Å². The molecule has 0 spiro atoms. The van der Waals surface area contributed by atoms with Crippen molar-refractivity contribution in [3.63, 3.8) is 0 Å². The van der Waals surface area contributed by atoms with Gasteiger partial charge in [-0.3, -0.25) is 0 Å². The smallest absolute Gasteiger partial charge is 0.550 e. The largest absolute Gasteiger partial charge is 3.00 e. The third-order valence-corrected chi connectivity index (χ3v) is 1.84. The average molecular weight is 448 g/mol. The minimum Gasteiger partial charge on any atom is -0.550 e. The quantitative estimate of drug-likeness (QED) is 0.486. The second-order valence-electron chi connectivity index (χ2n) is 7.61. The van der Waals surface area contributed by atoms with Gasteiger partial charge in [0, 0.05) is 34.2 Å². The molecular weight excluding hydrogens is 420 g/mol. The topological polar surface area (TPSA) is 120 Å². The van der Waals surface area contributed by atoms with Crippen LogP contribution in [0.3, 0.4) is 0 Å². The van der Waals surface area contributed by atoms with Gasteiger partial charge in [0.2, 0.25) is 0 Å². The maximum atomic E-state index is 9.91. The first-order valence-electron chi connectivity index (χ1n) is 6.47. The SMILES string of the molecule is CC(C)(C)C(=O)[O-].CC(C)(C)C(=O)[O-].CC(C)(C)C(=O)[O-].[Nd+3]. The molecule has 0 aromatic carbocycles. The predicted molar refractivity (Wildman–Crippen MR) is 73.4 cm³/mol. The van der Waals surface area contributed by atoms with Crippen LogP contribution in [-0.2, 0) is 14.4 Å². The number of hydrogen-bond donors (Lipinski definition) is 0. The molecule has 0 aliphatic heterocycles. The molecule has 22 heavy (non-hydrogen) atoms. The van der Waals surface area contributed by atoms with Gasteiger partial charge in [0.05, 0.1) is 0 Å². The molecule has 0 saturated carbocycles. The zero-order valence-corrected chi connectivity index (χ0v) is 18.2. The molecule has 0 aliphatic carbocycles. The van der Waals surface area contributed by atoms with E-state index in [2.05, 4.69) is 0 Å². The molecule has 0 heterocycles. The molecule has 6 nitrogen and oxygen atoms in total. The minimum atomic E-state index is -1.01. The number of hydrogen-bond acceptors (Lipinski definition) is 6. The number of carboxylic acid groups (broad SMARTS) is 3. The van der Waals surface area contributed by atoms with Gasteiger partial charge in [-0.25, -0.2) is 0 Å². The molecule has 0 bridgehead atoms. The molecule has 0 atom stereocenters. The Balaban J connectivity index is -0.000000108. The van der Waals surface area contributed by atoms with E-state index in [1.807, 2.05) is 0 Å². The molecule has 0 unspecified atom stereocenters. The van der Waals surface area contributed by atoms with Gasteiger partial charge in [-0.15, -0.1) is 0 Å². The Morgan fingerprint density at radius 1 is 0.500 bits per heavy atom. The summed E-state index contributed by atoms with van der Waals surface area (Å²) in [5.41, 5.74) is -2.08. The van der Waals surface area contributed by atoms with Crippen molar-refractivity contribution in [2.75, 3.05) is 0 Å². The van der Waals surface area contributed by atoms with Crippen molar-refractivity contribution in [3.8, 4) is 0 Å². The molecule has 1 radical (unpaired) electrons. The van der Waals surface area contributed by atoms with Crippen LogP contribution in [0.25, 0.3) is 0 Å². The monoisotopic (exact) mass is 445 g/mol. The second-order valence-corrected chi connectivity index (χ2v) is 7.61. The van der Waals surface area contributed by atoms with E-state index in [4.69, 9.17) is 0 Å². The van der Waals surface area contributed by atoms with E-state index in [-0.39, 0.29) is 40.8 Å². The van der Waals surface area contributed by atoms with Crippen molar-refractivity contribution < 1.29 is 70.5 Å². The summed E-state index contributed by atoms with van der Waals surface area (Å²) in [5, 5.41) is 29.7. The van der Waals surface area contributed by atoms with Gasteiger partial charge in [-0.1, -0.05) is 62.3 Å². The molecule has 0 saturated heterocycles. The molecule has 0 aromatic heterocycles. The van der Waals surface area contributed by atoms with Crippen LogP contribution in [0.2, 0.25) is 0 Å². The van der Waals surface area contributed by atoms with Crippen molar-refractivity contribution in [2.45, 2.75) is 62.3 Å². The molecular formula is C15H27NdO6. The van der Waals surface area contributed by atoms with E-state index in [1.165, 1.54) is 0 Å². The molecule has 0 amide bonds. The second kappa shape index (κ2) is 11.3. The molecule has 127 valence electrons. The van der Waals surface area contributed by atoms with Crippen LogP contribution in [0.15, 0.2) is 0 Å². The van der Waals surface area contributed by atoms with Crippen LogP contribution >= 0.6 is 0 Å². The summed E-state index contributed by atoms with van der Waals surface area (Å²) in [7, 11) is 0. The number of carbonyl (C=O) groups is 3. The Morgan fingerprint density at radius 3 is 0.545 bits per heavy atom. The first-order chi connectivity index (χ1) is 8.83. The fourth-order valence-electron chi connectivity index (χ4n) is 0. The van der Waals surface area contributed by atoms with Gasteiger partial charge in [0.1, 0.15) is 0 Å².